The van der Waals surface area contributed by atoms with Crippen molar-refractivity contribution < 1.29 is 38.1 Å². The van der Waals surface area contributed by atoms with Crippen LogP contribution >= 0.6 is 0 Å². The Kier molecular flexibility index (Phi) is 15.0. The van der Waals surface area contributed by atoms with Gasteiger partial charge < -0.3 is 29.0 Å². The van der Waals surface area contributed by atoms with E-state index in [2.05, 4.69) is 29.0 Å². The van der Waals surface area contributed by atoms with Gasteiger partial charge in [0.25, 0.3) is 0 Å². The van der Waals surface area contributed by atoms with Crippen molar-refractivity contribution in [3.8, 4) is 35.2 Å². The van der Waals surface area contributed by atoms with Crippen molar-refractivity contribution in [1.29, 1.82) is 0 Å². The molecule has 0 unspecified atom stereocenters. The van der Waals surface area contributed by atoms with Crippen LogP contribution in [0.25, 0.3) is 0 Å². The summed E-state index contributed by atoms with van der Waals surface area (Å²) in [5, 5.41) is 2.65. The van der Waals surface area contributed by atoms with Crippen LogP contribution in [-0.2, 0) is 14.2 Å². The van der Waals surface area contributed by atoms with E-state index in [0.29, 0.717) is 53.6 Å². The Balaban J connectivity index is 1.83. The average Bonchev–Trinajstić information content (AvgIpc) is 3.06. The van der Waals surface area contributed by atoms with Gasteiger partial charge in [-0.3, -0.25) is 9.59 Å². The Bertz CT molecular complexity index is 1580. The molecule has 0 bridgehead atoms. The van der Waals surface area contributed by atoms with E-state index < -0.39 is 11.7 Å². The van der Waals surface area contributed by atoms with Gasteiger partial charge in [-0.1, -0.05) is 54.9 Å². The lowest BCUT2D eigenvalue weighted by Gasteiger charge is -2.19. The van der Waals surface area contributed by atoms with Gasteiger partial charge >= 0.3 is 6.09 Å². The van der Waals surface area contributed by atoms with E-state index in [0.717, 1.165) is 30.1 Å². The van der Waals surface area contributed by atoms with Gasteiger partial charge in [-0.25, -0.2) is 4.79 Å². The lowest BCUT2D eigenvalue weighted by molar-refractivity contribution is 0.0488. The molecule has 0 aromatic heterocycles. The van der Waals surface area contributed by atoms with Crippen LogP contribution < -0.4 is 14.8 Å². The second-order valence-electron chi connectivity index (χ2n) is 11.2. The maximum atomic E-state index is 11.8. The summed E-state index contributed by atoms with van der Waals surface area (Å²) < 4.78 is 28.7. The Morgan fingerprint density at radius 1 is 0.681 bits per heavy atom. The van der Waals surface area contributed by atoms with Crippen molar-refractivity contribution in [3.05, 3.63) is 94.0 Å². The molecule has 1 amide bonds. The van der Waals surface area contributed by atoms with Crippen LogP contribution in [0, 0.1) is 23.7 Å². The molecule has 3 rings (SSSR count). The molecular weight excluding hydrogens is 598 g/mol. The maximum Gasteiger partial charge on any atom is 0.407 e. The molecule has 3 aromatic rings. The van der Waals surface area contributed by atoms with Crippen molar-refractivity contribution >= 4 is 18.7 Å². The summed E-state index contributed by atoms with van der Waals surface area (Å²) in [5.74, 6) is 13.6. The molecule has 0 radical (unpaired) electrons. The third-order valence-electron chi connectivity index (χ3n) is 6.09. The monoisotopic (exact) mass is 639 g/mol. The van der Waals surface area contributed by atoms with Gasteiger partial charge in [-0.05, 0) is 51.5 Å². The predicted molar refractivity (Wildman–Crippen MR) is 179 cm³/mol. The van der Waals surface area contributed by atoms with Crippen LogP contribution in [0.15, 0.2) is 60.7 Å². The first-order valence-corrected chi connectivity index (χ1v) is 15.4. The van der Waals surface area contributed by atoms with Crippen molar-refractivity contribution in [2.75, 3.05) is 46.2 Å². The van der Waals surface area contributed by atoms with Crippen molar-refractivity contribution in [1.82, 2.24) is 5.32 Å². The van der Waals surface area contributed by atoms with E-state index in [1.165, 1.54) is 0 Å². The van der Waals surface area contributed by atoms with E-state index in [1.54, 1.807) is 81.4 Å². The molecule has 9 heteroatoms. The second-order valence-corrected chi connectivity index (χ2v) is 11.2. The molecular formula is C38H41NO8. The largest absolute Gasteiger partial charge is 0.490 e. The van der Waals surface area contributed by atoms with Gasteiger partial charge in [0.05, 0.1) is 30.9 Å². The highest BCUT2D eigenvalue weighted by atomic mass is 16.6. The molecule has 0 heterocycles. The zero-order valence-corrected chi connectivity index (χ0v) is 27.4. The first-order chi connectivity index (χ1) is 22.7. The lowest BCUT2D eigenvalue weighted by atomic mass is 10.1. The van der Waals surface area contributed by atoms with Gasteiger partial charge in [-0.2, -0.15) is 0 Å². The Hall–Kier alpha value is -5.09. The van der Waals surface area contributed by atoms with E-state index in [1.807, 2.05) is 6.92 Å². The van der Waals surface area contributed by atoms with Gasteiger partial charge in [0.15, 0.2) is 0 Å². The minimum absolute atomic E-state index is 0.209. The van der Waals surface area contributed by atoms with E-state index in [9.17, 15) is 14.4 Å². The van der Waals surface area contributed by atoms with Gasteiger partial charge in [0.2, 0.25) is 0 Å². The predicted octanol–water partition coefficient (Wildman–Crippen LogP) is 5.84. The standard InChI is InChI=1S/C38H41NO8/c1-5-19-43-21-23-45-35-25-34(17-15-30-8-12-32(28-41)13-9-30)36(26-33(35)16-14-29-6-10-31(27-40)11-7-29)46-24-22-44-20-18-39-37(42)47-38(2,3)4/h6-13,25-28H,5,18-24H2,1-4H3,(H,39,42). The molecule has 0 aliphatic rings. The quantitative estimate of drug-likeness (QED) is 0.126. The fourth-order valence-electron chi connectivity index (χ4n) is 3.87. The van der Waals surface area contributed by atoms with Gasteiger partial charge in [0.1, 0.15) is 42.9 Å². The van der Waals surface area contributed by atoms with Gasteiger partial charge in [0, 0.05) is 47.5 Å². The smallest absolute Gasteiger partial charge is 0.407 e. The van der Waals surface area contributed by atoms with Crippen LogP contribution in [0.3, 0.4) is 0 Å². The average molecular weight is 640 g/mol. The van der Waals surface area contributed by atoms with Crippen LogP contribution in [0.4, 0.5) is 4.79 Å². The fraction of sp³-hybridized carbons (Fsp3) is 0.342. The molecule has 0 spiro atoms. The molecule has 0 fully saturated rings. The summed E-state index contributed by atoms with van der Waals surface area (Å²) in [6, 6.07) is 17.5. The van der Waals surface area contributed by atoms with Crippen LogP contribution in [0.5, 0.6) is 11.5 Å². The number of hydrogen-bond donors (Lipinski definition) is 1. The topological polar surface area (TPSA) is 109 Å². The summed E-state index contributed by atoms with van der Waals surface area (Å²) in [5.41, 5.74) is 3.15. The molecule has 0 aliphatic heterocycles. The molecule has 3 aromatic carbocycles. The summed E-state index contributed by atoms with van der Waals surface area (Å²) >= 11 is 0. The number of aldehydes is 2. The van der Waals surface area contributed by atoms with Crippen LogP contribution in [0.2, 0.25) is 0 Å². The fourth-order valence-corrected chi connectivity index (χ4v) is 3.87. The van der Waals surface area contributed by atoms with Crippen molar-refractivity contribution in [2.24, 2.45) is 0 Å². The SMILES string of the molecule is CCCOCCOc1cc(C#Cc2ccc(C=O)cc2)c(OCCOCCNC(=O)OC(C)(C)C)cc1C#Cc1ccc(C=O)cc1. The van der Waals surface area contributed by atoms with Crippen molar-refractivity contribution in [3.63, 3.8) is 0 Å². The summed E-state index contributed by atoms with van der Waals surface area (Å²) in [6.45, 7) is 9.83. The highest BCUT2D eigenvalue weighted by Crippen LogP contribution is 2.29. The molecule has 246 valence electrons. The number of hydrogen-bond acceptors (Lipinski definition) is 8. The zero-order valence-electron chi connectivity index (χ0n) is 27.4. The molecule has 0 saturated heterocycles. The summed E-state index contributed by atoms with van der Waals surface area (Å²) in [6.07, 6.45) is 1.96. The van der Waals surface area contributed by atoms with Gasteiger partial charge in [-0.15, -0.1) is 0 Å². The molecule has 9 nitrogen and oxygen atoms in total. The maximum absolute atomic E-state index is 11.8. The number of nitrogens with one attached hydrogen (secondary N) is 1. The lowest BCUT2D eigenvalue weighted by Crippen LogP contribution is -2.34. The second kappa shape index (κ2) is 19.4. The van der Waals surface area contributed by atoms with Crippen LogP contribution in [-0.4, -0.2) is 70.5 Å². The molecule has 47 heavy (non-hydrogen) atoms. The van der Waals surface area contributed by atoms with E-state index >= 15 is 0 Å². The minimum Gasteiger partial charge on any atom is -0.490 e. The molecule has 0 atom stereocenters. The number of ether oxygens (including phenoxy) is 5. The third kappa shape index (κ3) is 13.8. The van der Waals surface area contributed by atoms with E-state index in [4.69, 9.17) is 23.7 Å². The Labute approximate surface area is 276 Å². The highest BCUT2D eigenvalue weighted by Gasteiger charge is 2.15. The highest BCUT2D eigenvalue weighted by molar-refractivity contribution is 5.75. The molecule has 0 saturated carbocycles. The number of amides is 1. The minimum atomic E-state index is -0.577. The molecule has 0 aliphatic carbocycles. The Morgan fingerprint density at radius 2 is 1.15 bits per heavy atom. The number of benzene rings is 3. The first-order valence-electron chi connectivity index (χ1n) is 15.4. The van der Waals surface area contributed by atoms with Crippen molar-refractivity contribution in [2.45, 2.75) is 39.7 Å². The number of rotatable bonds is 15. The number of alkyl carbamates (subject to hydrolysis) is 1. The first kappa shape index (κ1) is 36.4. The third-order valence-corrected chi connectivity index (χ3v) is 6.09. The molecule has 1 N–H and O–H groups in total. The summed E-state index contributed by atoms with van der Waals surface area (Å²) in [7, 11) is 0. The van der Waals surface area contributed by atoms with Crippen LogP contribution in [0.1, 0.15) is 77.1 Å². The zero-order chi connectivity index (χ0) is 33.9. The number of carbonyl (C=O) groups excluding carboxylic acids is 3. The van der Waals surface area contributed by atoms with E-state index in [-0.39, 0.29) is 26.4 Å². The normalized spacial score (nSPS) is 10.5. The number of carbonyl (C=O) groups is 3. The summed E-state index contributed by atoms with van der Waals surface area (Å²) in [4.78, 5) is 33.9. The Morgan fingerprint density at radius 3 is 1.57 bits per heavy atom.